The first-order valence-corrected chi connectivity index (χ1v) is 8.75. The number of piperazine rings is 1. The normalized spacial score (nSPS) is 28.4. The first-order valence-electron chi connectivity index (χ1n) is 8.75. The molecule has 3 aliphatic rings. The summed E-state index contributed by atoms with van der Waals surface area (Å²) in [5.74, 6) is -0.487. The van der Waals surface area contributed by atoms with Gasteiger partial charge >= 0.3 is 6.03 Å². The zero-order valence-electron chi connectivity index (χ0n) is 14.2. The zero-order chi connectivity index (χ0) is 17.6. The summed E-state index contributed by atoms with van der Waals surface area (Å²) in [6.45, 7) is 3.74. The largest absolute Gasteiger partial charge is 0.338 e. The Balaban J connectivity index is 1.54. The summed E-state index contributed by atoms with van der Waals surface area (Å²) in [7, 11) is 0. The number of hydrogen-bond acceptors (Lipinski definition) is 4. The molecule has 2 saturated heterocycles. The highest BCUT2D eigenvalue weighted by Crippen LogP contribution is 2.41. The van der Waals surface area contributed by atoms with Crippen molar-refractivity contribution in [3.8, 4) is 0 Å². The van der Waals surface area contributed by atoms with Gasteiger partial charge in [-0.1, -0.05) is 24.3 Å². The summed E-state index contributed by atoms with van der Waals surface area (Å²) < 4.78 is 0. The van der Waals surface area contributed by atoms with Crippen LogP contribution in [0.5, 0.6) is 0 Å². The van der Waals surface area contributed by atoms with Gasteiger partial charge in [0.05, 0.1) is 0 Å². The van der Waals surface area contributed by atoms with Crippen molar-refractivity contribution >= 4 is 17.8 Å². The number of carbonyl (C=O) groups is 3. The molecule has 2 aliphatic heterocycles. The summed E-state index contributed by atoms with van der Waals surface area (Å²) in [5.41, 5.74) is 0.949. The van der Waals surface area contributed by atoms with Gasteiger partial charge < -0.3 is 15.5 Å². The Kier molecular flexibility index (Phi) is 3.76. The Morgan fingerprint density at radius 3 is 2.92 bits per heavy atom. The number of nitrogens with one attached hydrogen (secondary N) is 2. The van der Waals surface area contributed by atoms with Crippen molar-refractivity contribution in [3.05, 3.63) is 35.4 Å². The zero-order valence-corrected chi connectivity index (χ0v) is 14.2. The van der Waals surface area contributed by atoms with Crippen LogP contribution in [0.25, 0.3) is 0 Å². The molecule has 2 unspecified atom stereocenters. The predicted molar refractivity (Wildman–Crippen MR) is 90.7 cm³/mol. The maximum atomic E-state index is 13.0. The fraction of sp³-hybridized carbons (Fsp3) is 0.500. The maximum absolute atomic E-state index is 13.0. The van der Waals surface area contributed by atoms with Crippen LogP contribution in [0.1, 0.15) is 24.5 Å². The number of nitrogens with zero attached hydrogens (tertiary/aromatic N) is 2. The Hall–Kier alpha value is -2.41. The van der Waals surface area contributed by atoms with Crippen LogP contribution < -0.4 is 10.6 Å². The molecular weight excluding hydrogens is 320 g/mol. The second-order valence-electron chi connectivity index (χ2n) is 7.08. The number of imide groups is 1. The van der Waals surface area contributed by atoms with E-state index in [9.17, 15) is 14.4 Å². The van der Waals surface area contributed by atoms with E-state index in [1.807, 2.05) is 31.2 Å². The van der Waals surface area contributed by atoms with Crippen LogP contribution in [0.4, 0.5) is 4.79 Å². The summed E-state index contributed by atoms with van der Waals surface area (Å²) in [5, 5.41) is 6.13. The van der Waals surface area contributed by atoms with Gasteiger partial charge in [0.25, 0.3) is 5.91 Å². The highest BCUT2D eigenvalue weighted by atomic mass is 16.2. The van der Waals surface area contributed by atoms with Crippen LogP contribution in [0.15, 0.2) is 24.3 Å². The molecule has 1 spiro atoms. The second-order valence-corrected chi connectivity index (χ2v) is 7.08. The molecule has 25 heavy (non-hydrogen) atoms. The van der Waals surface area contributed by atoms with Crippen LogP contribution in [-0.2, 0) is 21.5 Å². The quantitative estimate of drug-likeness (QED) is 0.753. The van der Waals surface area contributed by atoms with Gasteiger partial charge in [0.15, 0.2) is 0 Å². The smallest absolute Gasteiger partial charge is 0.325 e. The van der Waals surface area contributed by atoms with E-state index in [1.165, 1.54) is 0 Å². The lowest BCUT2D eigenvalue weighted by atomic mass is 9.92. The van der Waals surface area contributed by atoms with Crippen LogP contribution >= 0.6 is 0 Å². The third-order valence-corrected chi connectivity index (χ3v) is 5.44. The third-order valence-electron chi connectivity index (χ3n) is 5.44. The SMILES string of the molecule is CC1CN(C(=O)CN2C(=O)NC3(CCc4ccccc43)C2=O)CCN1. The Morgan fingerprint density at radius 2 is 2.12 bits per heavy atom. The second kappa shape index (κ2) is 5.84. The highest BCUT2D eigenvalue weighted by Gasteiger charge is 2.55. The van der Waals surface area contributed by atoms with E-state index >= 15 is 0 Å². The van der Waals surface area contributed by atoms with Crippen LogP contribution in [-0.4, -0.2) is 59.9 Å². The van der Waals surface area contributed by atoms with E-state index in [0.29, 0.717) is 19.5 Å². The predicted octanol–water partition coefficient (Wildman–Crippen LogP) is 0.200. The maximum Gasteiger partial charge on any atom is 0.325 e. The molecule has 0 bridgehead atoms. The van der Waals surface area contributed by atoms with E-state index in [0.717, 1.165) is 29.0 Å². The molecule has 2 fully saturated rings. The van der Waals surface area contributed by atoms with E-state index in [-0.39, 0.29) is 24.4 Å². The number of fused-ring (bicyclic) bond motifs is 2. The Bertz CT molecular complexity index is 750. The van der Waals surface area contributed by atoms with E-state index in [1.54, 1.807) is 4.90 Å². The lowest BCUT2D eigenvalue weighted by Crippen LogP contribution is -2.54. The minimum Gasteiger partial charge on any atom is -0.338 e. The van der Waals surface area contributed by atoms with E-state index in [2.05, 4.69) is 10.6 Å². The molecule has 1 aliphatic carbocycles. The number of amides is 4. The van der Waals surface area contributed by atoms with Gasteiger partial charge in [-0.25, -0.2) is 4.79 Å². The minimum atomic E-state index is -0.995. The van der Waals surface area contributed by atoms with Gasteiger partial charge in [-0.2, -0.15) is 0 Å². The van der Waals surface area contributed by atoms with Crippen molar-refractivity contribution in [2.24, 2.45) is 0 Å². The molecule has 132 valence electrons. The monoisotopic (exact) mass is 342 g/mol. The van der Waals surface area contributed by atoms with Crippen molar-refractivity contribution in [3.63, 3.8) is 0 Å². The van der Waals surface area contributed by atoms with E-state index < -0.39 is 11.6 Å². The van der Waals surface area contributed by atoms with Crippen molar-refractivity contribution in [2.45, 2.75) is 31.3 Å². The van der Waals surface area contributed by atoms with Gasteiger partial charge in [-0.05, 0) is 30.9 Å². The summed E-state index contributed by atoms with van der Waals surface area (Å²) >= 11 is 0. The molecule has 0 saturated carbocycles. The van der Waals surface area contributed by atoms with E-state index in [4.69, 9.17) is 0 Å². The number of carbonyl (C=O) groups excluding carboxylic acids is 3. The summed E-state index contributed by atoms with van der Waals surface area (Å²) in [6, 6.07) is 7.43. The molecule has 0 aromatic heterocycles. The first-order chi connectivity index (χ1) is 12.0. The number of rotatable bonds is 2. The van der Waals surface area contributed by atoms with Gasteiger partial charge in [0.1, 0.15) is 12.1 Å². The number of urea groups is 1. The molecule has 1 aromatic carbocycles. The van der Waals surface area contributed by atoms with Gasteiger partial charge in [0.2, 0.25) is 5.91 Å². The molecule has 2 heterocycles. The fourth-order valence-corrected chi connectivity index (χ4v) is 4.13. The standard InChI is InChI=1S/C18H22N4O3/c1-12-10-21(9-8-19-12)15(23)11-22-16(24)18(20-17(22)25)7-6-13-4-2-3-5-14(13)18/h2-5,12,19H,6-11H2,1H3,(H,20,25). The van der Waals surface area contributed by atoms with Gasteiger partial charge in [0, 0.05) is 25.7 Å². The molecule has 1 aromatic rings. The van der Waals surface area contributed by atoms with Crippen molar-refractivity contribution in [1.82, 2.24) is 20.4 Å². The lowest BCUT2D eigenvalue weighted by Gasteiger charge is -2.32. The van der Waals surface area contributed by atoms with Crippen LogP contribution in [0.3, 0.4) is 0 Å². The molecule has 0 radical (unpaired) electrons. The average Bonchev–Trinajstić information content (AvgIpc) is 3.09. The Labute approximate surface area is 146 Å². The Morgan fingerprint density at radius 1 is 1.32 bits per heavy atom. The van der Waals surface area contributed by atoms with Crippen LogP contribution in [0.2, 0.25) is 0 Å². The lowest BCUT2D eigenvalue weighted by molar-refractivity contribution is -0.139. The summed E-state index contributed by atoms with van der Waals surface area (Å²) in [6.07, 6.45) is 1.30. The molecule has 2 N–H and O–H groups in total. The summed E-state index contributed by atoms with van der Waals surface area (Å²) in [4.78, 5) is 40.9. The number of hydrogen-bond donors (Lipinski definition) is 2. The van der Waals surface area contributed by atoms with Crippen molar-refractivity contribution in [1.29, 1.82) is 0 Å². The number of aryl methyl sites for hydroxylation is 1. The van der Waals surface area contributed by atoms with Crippen molar-refractivity contribution in [2.75, 3.05) is 26.2 Å². The molecule has 4 rings (SSSR count). The van der Waals surface area contributed by atoms with Gasteiger partial charge in [-0.15, -0.1) is 0 Å². The first kappa shape index (κ1) is 16.1. The topological polar surface area (TPSA) is 81.8 Å². The highest BCUT2D eigenvalue weighted by molar-refractivity contribution is 6.09. The molecule has 7 heteroatoms. The molecule has 2 atom stereocenters. The minimum absolute atomic E-state index is 0.180. The average molecular weight is 342 g/mol. The fourth-order valence-electron chi connectivity index (χ4n) is 4.13. The molecule has 7 nitrogen and oxygen atoms in total. The van der Waals surface area contributed by atoms with Gasteiger partial charge in [-0.3, -0.25) is 14.5 Å². The van der Waals surface area contributed by atoms with Crippen molar-refractivity contribution < 1.29 is 14.4 Å². The molecule has 4 amide bonds. The molecular formula is C18H22N4O3. The number of benzene rings is 1. The third kappa shape index (κ3) is 2.50. The van der Waals surface area contributed by atoms with Crippen LogP contribution in [0, 0.1) is 0 Å².